The van der Waals surface area contributed by atoms with Crippen molar-refractivity contribution in [2.75, 3.05) is 6.54 Å². The second kappa shape index (κ2) is 7.26. The predicted octanol–water partition coefficient (Wildman–Crippen LogP) is 4.15. The van der Waals surface area contributed by atoms with Crippen molar-refractivity contribution in [3.05, 3.63) is 35.1 Å². The van der Waals surface area contributed by atoms with E-state index in [2.05, 4.69) is 12.2 Å². The molecular weight excluding hydrogens is 274 g/mol. The Morgan fingerprint density at radius 3 is 2.50 bits per heavy atom. The fourth-order valence-corrected chi connectivity index (χ4v) is 1.74. The summed E-state index contributed by atoms with van der Waals surface area (Å²) in [6.07, 6.45) is -0.978. The van der Waals surface area contributed by atoms with Crippen molar-refractivity contribution < 1.29 is 22.4 Å². The average Bonchev–Trinajstić information content (AvgIpc) is 2.37. The number of halogens is 4. The van der Waals surface area contributed by atoms with E-state index in [9.17, 15) is 22.4 Å². The first-order valence-electron chi connectivity index (χ1n) is 6.51. The number of unbranched alkanes of at least 4 members (excludes halogenated alkanes) is 3. The summed E-state index contributed by atoms with van der Waals surface area (Å²) >= 11 is 0. The lowest BCUT2D eigenvalue weighted by Gasteiger charge is -2.10. The lowest BCUT2D eigenvalue weighted by atomic mass is 10.1. The van der Waals surface area contributed by atoms with E-state index in [4.69, 9.17) is 0 Å². The summed E-state index contributed by atoms with van der Waals surface area (Å²) in [6.45, 7) is 2.45. The number of benzene rings is 1. The molecule has 0 aliphatic rings. The quantitative estimate of drug-likeness (QED) is 0.619. The lowest BCUT2D eigenvalue weighted by molar-refractivity contribution is -0.140. The minimum atomic E-state index is -4.80. The first-order valence-corrected chi connectivity index (χ1v) is 6.51. The minimum Gasteiger partial charge on any atom is -0.352 e. The Hall–Kier alpha value is -1.59. The third kappa shape index (κ3) is 4.83. The molecule has 1 aromatic carbocycles. The highest BCUT2D eigenvalue weighted by Gasteiger charge is 2.34. The molecule has 0 fully saturated rings. The molecule has 0 atom stereocenters. The molecule has 112 valence electrons. The van der Waals surface area contributed by atoms with E-state index in [-0.39, 0.29) is 5.56 Å². The van der Waals surface area contributed by atoms with Crippen molar-refractivity contribution in [2.45, 2.75) is 38.8 Å². The lowest BCUT2D eigenvalue weighted by Crippen LogP contribution is -2.25. The van der Waals surface area contributed by atoms with Crippen LogP contribution in [0.2, 0.25) is 0 Å². The molecule has 0 saturated heterocycles. The molecule has 2 nitrogen and oxygen atoms in total. The Morgan fingerprint density at radius 2 is 1.90 bits per heavy atom. The van der Waals surface area contributed by atoms with Crippen molar-refractivity contribution in [3.63, 3.8) is 0 Å². The molecule has 0 aliphatic heterocycles. The van der Waals surface area contributed by atoms with Gasteiger partial charge < -0.3 is 5.32 Å². The number of hydrogen-bond donors (Lipinski definition) is 1. The summed E-state index contributed by atoms with van der Waals surface area (Å²) in [4.78, 5) is 11.7. The Labute approximate surface area is 115 Å². The van der Waals surface area contributed by atoms with Gasteiger partial charge in [0.25, 0.3) is 5.91 Å². The van der Waals surface area contributed by atoms with Gasteiger partial charge >= 0.3 is 6.18 Å². The normalized spacial score (nSPS) is 11.4. The van der Waals surface area contributed by atoms with Crippen molar-refractivity contribution in [1.82, 2.24) is 5.32 Å². The van der Waals surface area contributed by atoms with Crippen molar-refractivity contribution in [2.24, 2.45) is 0 Å². The number of carbonyl (C=O) groups is 1. The SMILES string of the molecule is CCCCCCNC(=O)c1ccc(F)c(C(F)(F)F)c1. The van der Waals surface area contributed by atoms with Crippen LogP contribution in [0.5, 0.6) is 0 Å². The third-order valence-corrected chi connectivity index (χ3v) is 2.85. The van der Waals surface area contributed by atoms with Crippen LogP contribution >= 0.6 is 0 Å². The molecule has 1 amide bonds. The van der Waals surface area contributed by atoms with Gasteiger partial charge in [0.05, 0.1) is 5.56 Å². The van der Waals surface area contributed by atoms with Crippen LogP contribution < -0.4 is 5.32 Å². The fraction of sp³-hybridized carbons (Fsp3) is 0.500. The highest BCUT2D eigenvalue weighted by molar-refractivity contribution is 5.94. The molecule has 0 unspecified atom stereocenters. The van der Waals surface area contributed by atoms with E-state index in [1.54, 1.807) is 0 Å². The Balaban J connectivity index is 2.65. The molecule has 0 spiro atoms. The Bertz CT molecular complexity index is 457. The maximum Gasteiger partial charge on any atom is 0.419 e. The van der Waals surface area contributed by atoms with Gasteiger partial charge in [0.2, 0.25) is 0 Å². The highest BCUT2D eigenvalue weighted by Crippen LogP contribution is 2.31. The topological polar surface area (TPSA) is 29.1 Å². The number of rotatable bonds is 6. The van der Waals surface area contributed by atoms with Gasteiger partial charge in [-0.15, -0.1) is 0 Å². The van der Waals surface area contributed by atoms with Crippen LogP contribution in [0.25, 0.3) is 0 Å². The smallest absolute Gasteiger partial charge is 0.352 e. The van der Waals surface area contributed by atoms with E-state index in [1.165, 1.54) is 0 Å². The van der Waals surface area contributed by atoms with Gasteiger partial charge in [-0.05, 0) is 24.6 Å². The van der Waals surface area contributed by atoms with Gasteiger partial charge in [0.15, 0.2) is 0 Å². The number of amides is 1. The van der Waals surface area contributed by atoms with Gasteiger partial charge in [-0.3, -0.25) is 4.79 Å². The largest absolute Gasteiger partial charge is 0.419 e. The number of carbonyl (C=O) groups excluding carboxylic acids is 1. The molecule has 0 bridgehead atoms. The highest BCUT2D eigenvalue weighted by atomic mass is 19.4. The number of hydrogen-bond acceptors (Lipinski definition) is 1. The molecule has 0 radical (unpaired) electrons. The van der Waals surface area contributed by atoms with Gasteiger partial charge in [-0.1, -0.05) is 26.2 Å². The Kier molecular flexibility index (Phi) is 5.98. The minimum absolute atomic E-state index is 0.186. The first kappa shape index (κ1) is 16.5. The summed E-state index contributed by atoms with van der Waals surface area (Å²) < 4.78 is 50.6. The van der Waals surface area contributed by atoms with Crippen molar-refractivity contribution in [3.8, 4) is 0 Å². The second-order valence-electron chi connectivity index (χ2n) is 4.51. The fourth-order valence-electron chi connectivity index (χ4n) is 1.74. The number of nitrogens with one attached hydrogen (secondary N) is 1. The first-order chi connectivity index (χ1) is 9.36. The molecule has 1 rings (SSSR count). The molecule has 0 aliphatic carbocycles. The molecule has 0 aromatic heterocycles. The van der Waals surface area contributed by atoms with Crippen LogP contribution in [0, 0.1) is 5.82 Å². The summed E-state index contributed by atoms with van der Waals surface area (Å²) in [6, 6.07) is 2.25. The summed E-state index contributed by atoms with van der Waals surface area (Å²) in [5.74, 6) is -2.00. The van der Waals surface area contributed by atoms with Gasteiger partial charge in [-0.25, -0.2) is 4.39 Å². The molecule has 6 heteroatoms. The summed E-state index contributed by atoms with van der Waals surface area (Å²) in [5.41, 5.74) is -1.61. The zero-order valence-corrected chi connectivity index (χ0v) is 11.2. The molecule has 1 aromatic rings. The van der Waals surface area contributed by atoms with E-state index < -0.39 is 23.5 Å². The second-order valence-corrected chi connectivity index (χ2v) is 4.51. The third-order valence-electron chi connectivity index (χ3n) is 2.85. The molecule has 0 heterocycles. The van der Waals surface area contributed by atoms with Crippen LogP contribution in [0.4, 0.5) is 17.6 Å². The van der Waals surface area contributed by atoms with E-state index in [1.807, 2.05) is 0 Å². The molecular formula is C14H17F4NO. The maximum absolute atomic E-state index is 13.1. The summed E-state index contributed by atoms with van der Waals surface area (Å²) in [5, 5.41) is 2.53. The van der Waals surface area contributed by atoms with Crippen molar-refractivity contribution >= 4 is 5.91 Å². The van der Waals surface area contributed by atoms with Gasteiger partial charge in [-0.2, -0.15) is 13.2 Å². The van der Waals surface area contributed by atoms with E-state index in [0.29, 0.717) is 18.7 Å². The van der Waals surface area contributed by atoms with Crippen LogP contribution in [-0.2, 0) is 6.18 Å². The standard InChI is InChI=1S/C14H17F4NO/c1-2-3-4-5-8-19-13(20)10-6-7-12(15)11(9-10)14(16,17)18/h6-7,9H,2-5,8H2,1H3,(H,19,20). The average molecular weight is 291 g/mol. The maximum atomic E-state index is 13.1. The van der Waals surface area contributed by atoms with Crippen LogP contribution in [0.1, 0.15) is 48.5 Å². The van der Waals surface area contributed by atoms with E-state index in [0.717, 1.165) is 31.7 Å². The summed E-state index contributed by atoms with van der Waals surface area (Å²) in [7, 11) is 0. The van der Waals surface area contributed by atoms with Crippen LogP contribution in [-0.4, -0.2) is 12.5 Å². The number of alkyl halides is 3. The molecule has 20 heavy (non-hydrogen) atoms. The van der Waals surface area contributed by atoms with Gasteiger partial charge in [0.1, 0.15) is 5.82 Å². The zero-order chi connectivity index (χ0) is 15.2. The Morgan fingerprint density at radius 1 is 1.20 bits per heavy atom. The van der Waals surface area contributed by atoms with Crippen LogP contribution in [0.3, 0.4) is 0 Å². The van der Waals surface area contributed by atoms with Gasteiger partial charge in [0, 0.05) is 12.1 Å². The van der Waals surface area contributed by atoms with E-state index >= 15 is 0 Å². The zero-order valence-electron chi connectivity index (χ0n) is 11.2. The monoisotopic (exact) mass is 291 g/mol. The molecule has 0 saturated carbocycles. The molecule has 1 N–H and O–H groups in total. The van der Waals surface area contributed by atoms with Crippen LogP contribution in [0.15, 0.2) is 18.2 Å². The predicted molar refractivity (Wildman–Crippen MR) is 67.9 cm³/mol. The van der Waals surface area contributed by atoms with Crippen molar-refractivity contribution in [1.29, 1.82) is 0 Å².